The molecular weight excluding hydrogens is 448 g/mol. The third-order valence-corrected chi connectivity index (χ3v) is 7.10. The van der Waals surface area contributed by atoms with Gasteiger partial charge in [-0.25, -0.2) is 0 Å². The first-order chi connectivity index (χ1) is 17.1. The summed E-state index contributed by atoms with van der Waals surface area (Å²) in [6.45, 7) is 1.50. The average Bonchev–Trinajstić information content (AvgIpc) is 3.26. The van der Waals surface area contributed by atoms with Crippen molar-refractivity contribution in [1.82, 2.24) is 5.32 Å². The van der Waals surface area contributed by atoms with Gasteiger partial charge in [0.25, 0.3) is 0 Å². The van der Waals surface area contributed by atoms with Gasteiger partial charge in [-0.2, -0.15) is 0 Å². The van der Waals surface area contributed by atoms with Crippen LogP contribution in [0.3, 0.4) is 0 Å². The number of carbonyl (C=O) groups excluding carboxylic acids is 2. The van der Waals surface area contributed by atoms with Crippen molar-refractivity contribution in [1.29, 1.82) is 0 Å². The first-order valence-electron chi connectivity index (χ1n) is 12.4. The molecule has 186 valence electrons. The summed E-state index contributed by atoms with van der Waals surface area (Å²) in [6, 6.07) is 15.4. The highest BCUT2D eigenvalue weighted by molar-refractivity contribution is 5.92. The van der Waals surface area contributed by atoms with E-state index in [1.165, 1.54) is 0 Å². The first kappa shape index (κ1) is 23.8. The van der Waals surface area contributed by atoms with Gasteiger partial charge in [0.1, 0.15) is 18.0 Å². The van der Waals surface area contributed by atoms with Crippen molar-refractivity contribution < 1.29 is 28.9 Å². The quantitative estimate of drug-likeness (QED) is 0.563. The summed E-state index contributed by atoms with van der Waals surface area (Å²) in [5.74, 6) is 0.590. The molecule has 3 aliphatic rings. The Balaban J connectivity index is 1.24. The lowest BCUT2D eigenvalue weighted by atomic mass is 9.84. The maximum absolute atomic E-state index is 12.7. The minimum absolute atomic E-state index is 0.0110. The lowest BCUT2D eigenvalue weighted by Crippen LogP contribution is -2.47. The molecule has 0 spiro atoms. The molecule has 0 saturated carbocycles. The number of aliphatic hydroxyl groups is 1. The minimum Gasteiger partial charge on any atom is -0.487 e. The molecule has 2 fully saturated rings. The highest BCUT2D eigenvalue weighted by atomic mass is 16.6. The van der Waals surface area contributed by atoms with Crippen LogP contribution >= 0.6 is 0 Å². The smallest absolute Gasteiger partial charge is 0.227 e. The Bertz CT molecular complexity index is 1040. The van der Waals surface area contributed by atoms with Gasteiger partial charge in [-0.3, -0.25) is 9.59 Å². The van der Waals surface area contributed by atoms with Crippen LogP contribution in [0.25, 0.3) is 0 Å². The van der Waals surface area contributed by atoms with Gasteiger partial charge in [-0.15, -0.1) is 0 Å². The van der Waals surface area contributed by atoms with E-state index in [4.69, 9.17) is 14.2 Å². The molecule has 35 heavy (non-hydrogen) atoms. The number of nitrogens with one attached hydrogen (secondary N) is 2. The second-order valence-electron chi connectivity index (χ2n) is 9.50. The highest BCUT2D eigenvalue weighted by Crippen LogP contribution is 2.47. The van der Waals surface area contributed by atoms with Crippen LogP contribution in [0.15, 0.2) is 48.5 Å². The molecular formula is C27H32N2O6. The van der Waals surface area contributed by atoms with Gasteiger partial charge in [0.15, 0.2) is 0 Å². The van der Waals surface area contributed by atoms with E-state index in [1.54, 1.807) is 0 Å². The molecule has 8 heteroatoms. The van der Waals surface area contributed by atoms with Gasteiger partial charge >= 0.3 is 0 Å². The van der Waals surface area contributed by atoms with Crippen LogP contribution in [0.5, 0.6) is 5.75 Å². The van der Waals surface area contributed by atoms with E-state index in [2.05, 4.69) is 10.6 Å². The standard InChI is InChI=1S/C27H32N2O6/c30-16-24-26-22(13-20(34-24)14-25(31)28-15-17-4-2-1-3-5-17)21-12-19(6-7-23(21)35-26)29-27(32)18-8-10-33-11-9-18/h1-7,12,18,20,22,24,26,30H,8-11,13-16H2,(H,28,31)(H,29,32)/t20-,22-,24+,26+/m1/s1. The van der Waals surface area contributed by atoms with Crippen LogP contribution in [0.2, 0.25) is 0 Å². The Morgan fingerprint density at radius 3 is 2.63 bits per heavy atom. The van der Waals surface area contributed by atoms with Crippen LogP contribution in [0.4, 0.5) is 5.69 Å². The molecule has 3 aliphatic heterocycles. The van der Waals surface area contributed by atoms with Crippen LogP contribution in [-0.4, -0.2) is 55.1 Å². The lowest BCUT2D eigenvalue weighted by molar-refractivity contribution is -0.142. The second kappa shape index (κ2) is 10.8. The van der Waals surface area contributed by atoms with Gasteiger partial charge in [0.2, 0.25) is 11.8 Å². The SMILES string of the molecule is O=C(C[C@H]1C[C@@H]2c3cc(NC(=O)C4CCOCC4)ccc3O[C@@H]2[C@H](CO)O1)NCc1ccccc1. The molecule has 0 unspecified atom stereocenters. The van der Waals surface area contributed by atoms with Crippen LogP contribution < -0.4 is 15.4 Å². The minimum atomic E-state index is -0.520. The molecule has 0 aromatic heterocycles. The van der Waals surface area contributed by atoms with E-state index < -0.39 is 6.10 Å². The van der Waals surface area contributed by atoms with Gasteiger partial charge in [0.05, 0.1) is 19.1 Å². The molecule has 8 nitrogen and oxygen atoms in total. The normalized spacial score (nSPS) is 25.7. The number of benzene rings is 2. The molecule has 2 amide bonds. The van der Waals surface area contributed by atoms with Crippen molar-refractivity contribution in [2.24, 2.45) is 5.92 Å². The predicted octanol–water partition coefficient (Wildman–Crippen LogP) is 2.75. The summed E-state index contributed by atoms with van der Waals surface area (Å²) in [5, 5.41) is 16.0. The highest BCUT2D eigenvalue weighted by Gasteiger charge is 2.46. The molecule has 3 heterocycles. The fourth-order valence-electron chi connectivity index (χ4n) is 5.25. The monoisotopic (exact) mass is 480 g/mol. The second-order valence-corrected chi connectivity index (χ2v) is 9.50. The van der Waals surface area contributed by atoms with Crippen molar-refractivity contribution in [3.63, 3.8) is 0 Å². The molecule has 0 aliphatic carbocycles. The first-order valence-corrected chi connectivity index (χ1v) is 12.4. The van der Waals surface area contributed by atoms with Crippen molar-refractivity contribution in [2.75, 3.05) is 25.1 Å². The van der Waals surface area contributed by atoms with E-state index in [1.807, 2.05) is 48.5 Å². The molecule has 5 rings (SSSR count). The van der Waals surface area contributed by atoms with Gasteiger partial charge < -0.3 is 30.0 Å². The summed E-state index contributed by atoms with van der Waals surface area (Å²) < 4.78 is 17.6. The van der Waals surface area contributed by atoms with Crippen LogP contribution in [-0.2, 0) is 25.6 Å². The third-order valence-electron chi connectivity index (χ3n) is 7.10. The summed E-state index contributed by atoms with van der Waals surface area (Å²) in [6.07, 6.45) is 1.10. The average molecular weight is 481 g/mol. The molecule has 2 aromatic carbocycles. The topological polar surface area (TPSA) is 106 Å². The zero-order valence-corrected chi connectivity index (χ0v) is 19.7. The van der Waals surface area contributed by atoms with Gasteiger partial charge in [0, 0.05) is 42.8 Å². The number of rotatable bonds is 7. The number of amides is 2. The summed E-state index contributed by atoms with van der Waals surface area (Å²) in [5.41, 5.74) is 2.75. The molecule has 0 radical (unpaired) electrons. The summed E-state index contributed by atoms with van der Waals surface area (Å²) >= 11 is 0. The number of fused-ring (bicyclic) bond motifs is 3. The van der Waals surface area contributed by atoms with E-state index in [-0.39, 0.29) is 48.9 Å². The summed E-state index contributed by atoms with van der Waals surface area (Å²) in [4.78, 5) is 25.3. The predicted molar refractivity (Wildman–Crippen MR) is 129 cm³/mol. The number of hydrogen-bond donors (Lipinski definition) is 3. The van der Waals surface area contributed by atoms with E-state index >= 15 is 0 Å². The fraction of sp³-hybridized carbons (Fsp3) is 0.481. The van der Waals surface area contributed by atoms with Crippen molar-refractivity contribution in [3.05, 3.63) is 59.7 Å². The fourth-order valence-corrected chi connectivity index (χ4v) is 5.25. The maximum Gasteiger partial charge on any atom is 0.227 e. The Kier molecular flexibility index (Phi) is 7.32. The van der Waals surface area contributed by atoms with Gasteiger partial charge in [-0.05, 0) is 43.0 Å². The molecule has 3 N–H and O–H groups in total. The number of ether oxygens (including phenoxy) is 3. The lowest BCUT2D eigenvalue weighted by Gasteiger charge is -2.37. The van der Waals surface area contributed by atoms with Crippen LogP contribution in [0, 0.1) is 5.92 Å². The van der Waals surface area contributed by atoms with E-state index in [0.717, 1.165) is 35.4 Å². The Hall–Kier alpha value is -2.94. The number of hydrogen-bond acceptors (Lipinski definition) is 6. The summed E-state index contributed by atoms with van der Waals surface area (Å²) in [7, 11) is 0. The Morgan fingerprint density at radius 1 is 1.06 bits per heavy atom. The van der Waals surface area contributed by atoms with Crippen molar-refractivity contribution in [2.45, 2.75) is 56.5 Å². The zero-order chi connectivity index (χ0) is 24.2. The maximum atomic E-state index is 12.7. The van der Waals surface area contributed by atoms with E-state index in [0.29, 0.717) is 26.2 Å². The molecule has 4 atom stereocenters. The zero-order valence-electron chi connectivity index (χ0n) is 19.7. The van der Waals surface area contributed by atoms with Crippen LogP contribution in [0.1, 0.15) is 42.7 Å². The number of aliphatic hydroxyl groups excluding tert-OH is 1. The molecule has 2 saturated heterocycles. The third kappa shape index (κ3) is 5.50. The number of anilines is 1. The molecule has 0 bridgehead atoms. The molecule has 2 aromatic rings. The van der Waals surface area contributed by atoms with Crippen molar-refractivity contribution in [3.8, 4) is 5.75 Å². The number of carbonyl (C=O) groups is 2. The van der Waals surface area contributed by atoms with Gasteiger partial charge in [-0.1, -0.05) is 30.3 Å². The largest absolute Gasteiger partial charge is 0.487 e. The van der Waals surface area contributed by atoms with E-state index in [9.17, 15) is 14.7 Å². The van der Waals surface area contributed by atoms with Crippen molar-refractivity contribution >= 4 is 17.5 Å². The Labute approximate surface area is 205 Å². The Morgan fingerprint density at radius 2 is 1.86 bits per heavy atom.